The molecular weight excluding hydrogens is 164 g/mol. The molecule has 0 aromatic rings. The number of nitrogens with zero attached hydrogens (tertiary/aromatic N) is 1. The molecule has 0 saturated carbocycles. The van der Waals surface area contributed by atoms with Crippen LogP contribution in [0.1, 0.15) is 0 Å². The third kappa shape index (κ3) is 1.11. The lowest BCUT2D eigenvalue weighted by molar-refractivity contribution is -0.116. The molecule has 1 atom stereocenters. The van der Waals surface area contributed by atoms with Crippen molar-refractivity contribution in [2.75, 3.05) is 0 Å². The highest BCUT2D eigenvalue weighted by molar-refractivity contribution is 6.34. The predicted molar refractivity (Wildman–Crippen MR) is 29.5 cm³/mol. The number of Topliss-reactive ketones (excluding diaryl/α,β-unsaturated/α-hetero) is 1. The van der Waals surface area contributed by atoms with Crippen LogP contribution in [-0.2, 0) is 4.79 Å². The van der Waals surface area contributed by atoms with E-state index in [-0.39, 0.29) is 0 Å². The number of hydrogen-bond donors (Lipinski definition) is 0. The van der Waals surface area contributed by atoms with Crippen LogP contribution in [0.3, 0.4) is 0 Å². The molecule has 10 heavy (non-hydrogen) atoms. The second kappa shape index (κ2) is 2.54. The smallest absolute Gasteiger partial charge is 0.269 e. The maximum absolute atomic E-state index is 11.7. The third-order valence-electron chi connectivity index (χ3n) is 0.998. The molecule has 0 fully saturated rings. The van der Waals surface area contributed by atoms with Gasteiger partial charge in [-0.25, -0.2) is 8.78 Å². The van der Waals surface area contributed by atoms with Crippen molar-refractivity contribution < 1.29 is 13.6 Å². The van der Waals surface area contributed by atoms with E-state index in [9.17, 15) is 13.6 Å². The molecule has 1 aliphatic rings. The number of alkyl halides is 3. The van der Waals surface area contributed by atoms with Gasteiger partial charge in [0.2, 0.25) is 5.78 Å². The lowest BCUT2D eigenvalue weighted by atomic mass is 10.2. The topological polar surface area (TPSA) is 31.2 Å². The molecule has 54 valence electrons. The summed E-state index contributed by atoms with van der Waals surface area (Å²) in [6.07, 6.45) is -0.954. The summed E-state index contributed by atoms with van der Waals surface area (Å²) in [5.41, 5.74) is -1.91. The lowest BCUT2D eigenvalue weighted by Crippen LogP contribution is -2.17. The number of carbonyl (C=O) groups is 1. The molecule has 0 aromatic heterocycles. The first-order valence-electron chi connectivity index (χ1n) is 2.42. The maximum Gasteiger partial charge on any atom is 0.269 e. The van der Waals surface area contributed by atoms with Crippen molar-refractivity contribution in [1.82, 2.24) is 5.32 Å². The Hall–Kier alpha value is -0.640. The van der Waals surface area contributed by atoms with E-state index >= 15 is 0 Å². The van der Waals surface area contributed by atoms with E-state index in [1.54, 1.807) is 0 Å². The molecule has 2 nitrogen and oxygen atoms in total. The van der Waals surface area contributed by atoms with Crippen LogP contribution in [0.5, 0.6) is 0 Å². The Morgan fingerprint density at radius 2 is 2.30 bits per heavy atom. The van der Waals surface area contributed by atoms with Gasteiger partial charge in [-0.05, 0) is 0 Å². The summed E-state index contributed by atoms with van der Waals surface area (Å²) < 4.78 is 23.4. The van der Waals surface area contributed by atoms with Crippen LogP contribution in [-0.4, -0.2) is 17.7 Å². The zero-order valence-electron chi connectivity index (χ0n) is 4.64. The Bertz CT molecular complexity index is 192. The zero-order chi connectivity index (χ0) is 7.72. The standard InChI is InChI=1S/C5H2ClF2NO/c6-4-3(10)2(1-9-4)5(7)8/h4-5H. The first-order chi connectivity index (χ1) is 4.63. The normalized spacial score (nSPS) is 25.0. The first kappa shape index (κ1) is 7.47. The average Bonchev–Trinajstić information content (AvgIpc) is 2.14. The molecule has 0 aliphatic carbocycles. The maximum atomic E-state index is 11.7. The monoisotopic (exact) mass is 165 g/mol. The van der Waals surface area contributed by atoms with E-state index in [0.29, 0.717) is 0 Å². The van der Waals surface area contributed by atoms with Crippen LogP contribution in [0.2, 0.25) is 0 Å². The molecule has 1 rings (SSSR count). The SMILES string of the molecule is O=C1C(C(F)F)=[C][N]C1Cl. The number of hydrogen-bond acceptors (Lipinski definition) is 1. The van der Waals surface area contributed by atoms with E-state index in [2.05, 4.69) is 5.32 Å². The molecule has 5 heteroatoms. The quantitative estimate of drug-likeness (QED) is 0.416. The van der Waals surface area contributed by atoms with E-state index in [0.717, 1.165) is 0 Å². The highest BCUT2D eigenvalue weighted by atomic mass is 35.5. The molecule has 2 radical (unpaired) electrons. The molecule has 0 aromatic carbocycles. The van der Waals surface area contributed by atoms with Gasteiger partial charge in [0.15, 0.2) is 5.50 Å². The van der Waals surface area contributed by atoms with Gasteiger partial charge in [-0.1, -0.05) is 11.6 Å². The summed E-state index contributed by atoms with van der Waals surface area (Å²) >= 11 is 5.17. The Morgan fingerprint density at radius 1 is 1.70 bits per heavy atom. The lowest BCUT2D eigenvalue weighted by Gasteiger charge is -1.96. The minimum absolute atomic E-state index is 0.722. The Balaban J connectivity index is 2.72. The summed E-state index contributed by atoms with van der Waals surface area (Å²) in [6.45, 7) is 0. The largest absolute Gasteiger partial charge is 0.290 e. The summed E-state index contributed by atoms with van der Waals surface area (Å²) in [7, 11) is 0. The first-order valence-corrected chi connectivity index (χ1v) is 2.85. The van der Waals surface area contributed by atoms with Gasteiger partial charge in [0.05, 0.1) is 11.8 Å². The van der Waals surface area contributed by atoms with Crippen molar-refractivity contribution in [3.63, 3.8) is 0 Å². The van der Waals surface area contributed by atoms with Gasteiger partial charge in [0.1, 0.15) is 0 Å². The molecule has 1 aliphatic heterocycles. The van der Waals surface area contributed by atoms with Crippen molar-refractivity contribution >= 4 is 17.4 Å². The van der Waals surface area contributed by atoms with Gasteiger partial charge in [-0.2, -0.15) is 0 Å². The number of halogens is 3. The van der Waals surface area contributed by atoms with Gasteiger partial charge >= 0.3 is 0 Å². The summed E-state index contributed by atoms with van der Waals surface area (Å²) in [4.78, 5) is 10.5. The molecule has 0 bridgehead atoms. The minimum atomic E-state index is -2.82. The molecule has 0 spiro atoms. The molecule has 0 amide bonds. The third-order valence-corrected chi connectivity index (χ3v) is 1.29. The highest BCUT2D eigenvalue weighted by Crippen LogP contribution is 2.18. The molecule has 0 saturated heterocycles. The Labute approximate surface area is 60.8 Å². The van der Waals surface area contributed by atoms with Crippen molar-refractivity contribution in [2.45, 2.75) is 11.9 Å². The van der Waals surface area contributed by atoms with E-state index in [1.807, 2.05) is 6.20 Å². The number of carbonyl (C=O) groups excluding carboxylic acids is 1. The van der Waals surface area contributed by atoms with Crippen LogP contribution < -0.4 is 5.32 Å². The van der Waals surface area contributed by atoms with Crippen molar-refractivity contribution in [3.8, 4) is 0 Å². The van der Waals surface area contributed by atoms with E-state index in [4.69, 9.17) is 11.6 Å². The van der Waals surface area contributed by atoms with Crippen molar-refractivity contribution in [1.29, 1.82) is 0 Å². The van der Waals surface area contributed by atoms with Gasteiger partial charge in [-0.15, -0.1) is 0 Å². The fourth-order valence-electron chi connectivity index (χ4n) is 0.525. The fourth-order valence-corrected chi connectivity index (χ4v) is 0.691. The Kier molecular flexibility index (Phi) is 1.89. The second-order valence-electron chi connectivity index (χ2n) is 1.66. The molecule has 1 heterocycles. The minimum Gasteiger partial charge on any atom is -0.290 e. The zero-order valence-corrected chi connectivity index (χ0v) is 5.40. The van der Waals surface area contributed by atoms with Crippen molar-refractivity contribution in [3.05, 3.63) is 11.8 Å². The molecule has 0 N–H and O–H groups in total. The van der Waals surface area contributed by atoms with Crippen LogP contribution in [0.4, 0.5) is 8.78 Å². The number of rotatable bonds is 1. The van der Waals surface area contributed by atoms with E-state index < -0.39 is 23.3 Å². The molecule has 1 unspecified atom stereocenters. The van der Waals surface area contributed by atoms with Crippen LogP contribution in [0, 0.1) is 6.20 Å². The second-order valence-corrected chi connectivity index (χ2v) is 2.07. The van der Waals surface area contributed by atoms with Gasteiger partial charge in [-0.3, -0.25) is 10.1 Å². The van der Waals surface area contributed by atoms with E-state index in [1.165, 1.54) is 0 Å². The summed E-state index contributed by atoms with van der Waals surface area (Å²) in [6, 6.07) is 0. The van der Waals surface area contributed by atoms with Crippen LogP contribution in [0.25, 0.3) is 0 Å². The van der Waals surface area contributed by atoms with Gasteiger partial charge < -0.3 is 0 Å². The van der Waals surface area contributed by atoms with Gasteiger partial charge in [0, 0.05) is 0 Å². The van der Waals surface area contributed by atoms with Crippen LogP contribution >= 0.6 is 11.6 Å². The Morgan fingerprint density at radius 3 is 2.50 bits per heavy atom. The van der Waals surface area contributed by atoms with Crippen LogP contribution in [0.15, 0.2) is 5.57 Å². The van der Waals surface area contributed by atoms with Gasteiger partial charge in [0.25, 0.3) is 6.43 Å². The summed E-state index contributed by atoms with van der Waals surface area (Å²) in [5, 5.41) is 3.17. The predicted octanol–water partition coefficient (Wildman–Crippen LogP) is 0.691. The molecular formula is C5H2ClF2NO. The fraction of sp³-hybridized carbons (Fsp3) is 0.400. The average molecular weight is 166 g/mol. The number of ketones is 1. The summed E-state index contributed by atoms with van der Waals surface area (Å²) in [5.74, 6) is -0.850. The highest BCUT2D eigenvalue weighted by Gasteiger charge is 2.32. The van der Waals surface area contributed by atoms with Crippen molar-refractivity contribution in [2.24, 2.45) is 0 Å².